The average molecular weight is 491 g/mol. The van der Waals surface area contributed by atoms with Crippen LogP contribution in [0.1, 0.15) is 32.1 Å². The molecule has 1 aliphatic heterocycles. The summed E-state index contributed by atoms with van der Waals surface area (Å²) in [6.45, 7) is 0.802. The second-order valence-electron chi connectivity index (χ2n) is 7.80. The molecule has 0 aromatic heterocycles. The zero-order valence-electron chi connectivity index (χ0n) is 19.2. The topological polar surface area (TPSA) is 111 Å². The molecular formula is C24H30N2O7S. The van der Waals surface area contributed by atoms with Gasteiger partial charge in [-0.2, -0.15) is 4.31 Å². The third-order valence-corrected chi connectivity index (χ3v) is 7.19. The van der Waals surface area contributed by atoms with E-state index in [9.17, 15) is 18.0 Å². The standard InChI is InChI=1S/C24H30N2O7S/c1-31-22-13-12-20(34(29,30)26-14-6-3-7-15-26)17-21(22)25-23(27)18-33-24(28)11-8-16-32-19-9-4-2-5-10-19/h2,4-5,9-10,12-13,17H,3,6-8,11,14-16,18H2,1H3,(H,25,27). The van der Waals surface area contributed by atoms with Crippen molar-refractivity contribution in [3.63, 3.8) is 0 Å². The smallest absolute Gasteiger partial charge is 0.306 e. The lowest BCUT2D eigenvalue weighted by Crippen LogP contribution is -2.35. The number of para-hydroxylation sites is 1. The molecule has 10 heteroatoms. The Balaban J connectivity index is 1.50. The van der Waals surface area contributed by atoms with Gasteiger partial charge in [0, 0.05) is 19.5 Å². The molecule has 1 amide bonds. The molecule has 9 nitrogen and oxygen atoms in total. The van der Waals surface area contributed by atoms with Crippen LogP contribution >= 0.6 is 0 Å². The highest BCUT2D eigenvalue weighted by atomic mass is 32.2. The summed E-state index contributed by atoms with van der Waals surface area (Å²) in [7, 11) is -2.26. The van der Waals surface area contributed by atoms with E-state index in [4.69, 9.17) is 14.2 Å². The molecule has 1 N–H and O–H groups in total. The molecule has 2 aromatic carbocycles. The van der Waals surface area contributed by atoms with Crippen molar-refractivity contribution in [2.45, 2.75) is 37.0 Å². The van der Waals surface area contributed by atoms with E-state index in [1.165, 1.54) is 29.6 Å². The number of hydrogen-bond donors (Lipinski definition) is 1. The maximum absolute atomic E-state index is 12.9. The van der Waals surface area contributed by atoms with Crippen LogP contribution in [0.5, 0.6) is 11.5 Å². The lowest BCUT2D eigenvalue weighted by atomic mass is 10.2. The van der Waals surface area contributed by atoms with Crippen LogP contribution in [0.4, 0.5) is 5.69 Å². The largest absolute Gasteiger partial charge is 0.495 e. The van der Waals surface area contributed by atoms with Gasteiger partial charge in [-0.1, -0.05) is 24.6 Å². The van der Waals surface area contributed by atoms with Crippen LogP contribution in [0, 0.1) is 0 Å². The Bertz CT molecular complexity index is 1070. The number of anilines is 1. The van der Waals surface area contributed by atoms with Gasteiger partial charge in [0.25, 0.3) is 5.91 Å². The molecule has 0 spiro atoms. The summed E-state index contributed by atoms with van der Waals surface area (Å²) in [5, 5.41) is 2.57. The quantitative estimate of drug-likeness (QED) is 0.380. The summed E-state index contributed by atoms with van der Waals surface area (Å²) >= 11 is 0. The molecule has 1 aliphatic rings. The van der Waals surface area contributed by atoms with Crippen molar-refractivity contribution in [1.82, 2.24) is 4.31 Å². The number of methoxy groups -OCH3 is 1. The van der Waals surface area contributed by atoms with Crippen molar-refractivity contribution in [1.29, 1.82) is 0 Å². The predicted molar refractivity (Wildman–Crippen MR) is 126 cm³/mol. The first-order valence-electron chi connectivity index (χ1n) is 11.2. The Morgan fingerprint density at radius 3 is 2.47 bits per heavy atom. The number of amides is 1. The SMILES string of the molecule is COc1ccc(S(=O)(=O)N2CCCCC2)cc1NC(=O)COC(=O)CCCOc1ccccc1. The number of piperidine rings is 1. The lowest BCUT2D eigenvalue weighted by Gasteiger charge is -2.26. The fourth-order valence-electron chi connectivity index (χ4n) is 3.53. The molecule has 3 rings (SSSR count). The molecule has 1 fully saturated rings. The first-order chi connectivity index (χ1) is 16.4. The molecule has 0 bridgehead atoms. The lowest BCUT2D eigenvalue weighted by molar-refractivity contribution is -0.147. The van der Waals surface area contributed by atoms with E-state index in [0.29, 0.717) is 37.6 Å². The van der Waals surface area contributed by atoms with Gasteiger partial charge in [-0.15, -0.1) is 0 Å². The number of sulfonamides is 1. The molecule has 0 unspecified atom stereocenters. The number of ether oxygens (including phenoxy) is 3. The molecule has 0 radical (unpaired) electrons. The molecule has 0 aliphatic carbocycles. The molecular weight excluding hydrogens is 460 g/mol. The van der Waals surface area contributed by atoms with E-state index in [0.717, 1.165) is 19.3 Å². The average Bonchev–Trinajstić information content (AvgIpc) is 2.86. The third-order valence-electron chi connectivity index (χ3n) is 5.30. The minimum Gasteiger partial charge on any atom is -0.495 e. The monoisotopic (exact) mass is 490 g/mol. The Morgan fingerprint density at radius 1 is 1.03 bits per heavy atom. The van der Waals surface area contributed by atoms with Gasteiger partial charge in [-0.25, -0.2) is 8.42 Å². The van der Waals surface area contributed by atoms with Crippen molar-refractivity contribution in [3.8, 4) is 11.5 Å². The van der Waals surface area contributed by atoms with Crippen molar-refractivity contribution in [2.75, 3.05) is 38.7 Å². The Hall–Kier alpha value is -3.11. The van der Waals surface area contributed by atoms with Gasteiger partial charge < -0.3 is 19.5 Å². The highest BCUT2D eigenvalue weighted by molar-refractivity contribution is 7.89. The minimum absolute atomic E-state index is 0.0703. The third kappa shape index (κ3) is 7.19. The molecule has 34 heavy (non-hydrogen) atoms. The summed E-state index contributed by atoms with van der Waals surface area (Å²) < 4.78 is 43.1. The number of nitrogens with zero attached hydrogens (tertiary/aromatic N) is 1. The van der Waals surface area contributed by atoms with E-state index in [2.05, 4.69) is 5.32 Å². The molecule has 1 saturated heterocycles. The van der Waals surface area contributed by atoms with Crippen molar-refractivity contribution in [2.24, 2.45) is 0 Å². The second-order valence-corrected chi connectivity index (χ2v) is 9.74. The molecule has 184 valence electrons. The van der Waals surface area contributed by atoms with E-state index >= 15 is 0 Å². The highest BCUT2D eigenvalue weighted by Gasteiger charge is 2.27. The fourth-order valence-corrected chi connectivity index (χ4v) is 5.07. The van der Waals surface area contributed by atoms with Crippen molar-refractivity contribution >= 4 is 27.6 Å². The van der Waals surface area contributed by atoms with Crippen molar-refractivity contribution < 1.29 is 32.2 Å². The summed E-state index contributed by atoms with van der Waals surface area (Å²) in [5.74, 6) is -0.107. The zero-order chi connectivity index (χ0) is 24.4. The van der Waals surface area contributed by atoms with Gasteiger partial charge in [0.15, 0.2) is 6.61 Å². The van der Waals surface area contributed by atoms with Crippen LogP contribution in [0.15, 0.2) is 53.4 Å². The Kier molecular flexibility index (Phi) is 9.29. The van der Waals surface area contributed by atoms with Gasteiger partial charge >= 0.3 is 5.97 Å². The Labute approximate surface area is 200 Å². The molecule has 1 heterocycles. The Morgan fingerprint density at radius 2 is 1.76 bits per heavy atom. The first-order valence-corrected chi connectivity index (χ1v) is 12.7. The highest BCUT2D eigenvalue weighted by Crippen LogP contribution is 2.30. The van der Waals surface area contributed by atoms with Gasteiger partial charge in [-0.3, -0.25) is 9.59 Å². The van der Waals surface area contributed by atoms with Crippen molar-refractivity contribution in [3.05, 3.63) is 48.5 Å². The number of nitrogens with one attached hydrogen (secondary N) is 1. The number of rotatable bonds is 11. The zero-order valence-corrected chi connectivity index (χ0v) is 20.0. The minimum atomic E-state index is -3.67. The summed E-state index contributed by atoms with van der Waals surface area (Å²) in [5.41, 5.74) is 0.192. The molecule has 0 saturated carbocycles. The summed E-state index contributed by atoms with van der Waals surface area (Å²) in [4.78, 5) is 24.3. The number of benzene rings is 2. The first kappa shape index (κ1) is 25.5. The van der Waals surface area contributed by atoms with E-state index in [1.807, 2.05) is 30.3 Å². The molecule has 0 atom stereocenters. The van der Waals surface area contributed by atoms with Crippen LogP contribution in [0.2, 0.25) is 0 Å². The van der Waals surface area contributed by atoms with Crippen LogP contribution in [-0.4, -0.2) is 58.0 Å². The van der Waals surface area contributed by atoms with E-state index in [1.54, 1.807) is 0 Å². The van der Waals surface area contributed by atoms with Gasteiger partial charge in [0.2, 0.25) is 10.0 Å². The van der Waals surface area contributed by atoms with Crippen LogP contribution in [0.25, 0.3) is 0 Å². The van der Waals surface area contributed by atoms with E-state index < -0.39 is 28.5 Å². The summed E-state index contributed by atoms with van der Waals surface area (Å²) in [6.07, 6.45) is 3.20. The number of carbonyl (C=O) groups excluding carboxylic acids is 2. The maximum Gasteiger partial charge on any atom is 0.306 e. The number of carbonyl (C=O) groups is 2. The van der Waals surface area contributed by atoms with Gasteiger partial charge in [0.05, 0.1) is 24.3 Å². The number of hydrogen-bond acceptors (Lipinski definition) is 7. The van der Waals surface area contributed by atoms with Gasteiger partial charge in [0.1, 0.15) is 11.5 Å². The van der Waals surface area contributed by atoms with Crippen LogP contribution in [-0.2, 0) is 24.3 Å². The normalized spacial score (nSPS) is 14.3. The van der Waals surface area contributed by atoms with E-state index in [-0.39, 0.29) is 17.0 Å². The predicted octanol–water partition coefficient (Wildman–Crippen LogP) is 3.21. The second kappa shape index (κ2) is 12.4. The summed E-state index contributed by atoms with van der Waals surface area (Å²) in [6, 6.07) is 13.6. The van der Waals surface area contributed by atoms with Gasteiger partial charge in [-0.05, 0) is 49.6 Å². The fraction of sp³-hybridized carbons (Fsp3) is 0.417. The van der Waals surface area contributed by atoms with Crippen LogP contribution in [0.3, 0.4) is 0 Å². The number of esters is 1. The maximum atomic E-state index is 12.9. The molecule has 2 aromatic rings. The van der Waals surface area contributed by atoms with Crippen LogP contribution < -0.4 is 14.8 Å².